The number of hydrogen-bond acceptors (Lipinski definition) is 4. The first-order chi connectivity index (χ1) is 10.2. The van der Waals surface area contributed by atoms with Crippen molar-refractivity contribution in [2.75, 3.05) is 11.9 Å². The summed E-state index contributed by atoms with van der Waals surface area (Å²) in [6.45, 7) is 3.55. The van der Waals surface area contributed by atoms with Crippen molar-refractivity contribution >= 4 is 11.4 Å². The van der Waals surface area contributed by atoms with E-state index in [-0.39, 0.29) is 5.69 Å². The molecular formula is C16H18N2O3. The van der Waals surface area contributed by atoms with Crippen molar-refractivity contribution in [1.29, 1.82) is 0 Å². The predicted octanol–water partition coefficient (Wildman–Crippen LogP) is 3.74. The predicted molar refractivity (Wildman–Crippen MR) is 82.2 cm³/mol. The molecule has 1 N–H and O–H groups in total. The lowest BCUT2D eigenvalue weighted by Crippen LogP contribution is -2.03. The second kappa shape index (κ2) is 7.40. The van der Waals surface area contributed by atoms with Crippen molar-refractivity contribution in [1.82, 2.24) is 0 Å². The highest BCUT2D eigenvalue weighted by Crippen LogP contribution is 2.23. The van der Waals surface area contributed by atoms with Crippen LogP contribution in [0.15, 0.2) is 48.5 Å². The topological polar surface area (TPSA) is 64.4 Å². The molecule has 2 aromatic rings. The molecule has 2 aromatic carbocycles. The van der Waals surface area contributed by atoms with Gasteiger partial charge in [0.1, 0.15) is 0 Å². The SMILES string of the molecule is CCNc1ccc([N+](=O)[O-])cc1COCc1ccccc1. The Labute approximate surface area is 123 Å². The van der Waals surface area contributed by atoms with E-state index in [1.54, 1.807) is 12.1 Å². The van der Waals surface area contributed by atoms with Gasteiger partial charge in [-0.1, -0.05) is 30.3 Å². The van der Waals surface area contributed by atoms with Crippen LogP contribution in [0.4, 0.5) is 11.4 Å². The summed E-state index contributed by atoms with van der Waals surface area (Å²) in [7, 11) is 0. The number of ether oxygens (including phenoxy) is 1. The molecule has 0 spiro atoms. The van der Waals surface area contributed by atoms with Crippen LogP contribution in [0.1, 0.15) is 18.1 Å². The zero-order chi connectivity index (χ0) is 15.1. The first-order valence-corrected chi connectivity index (χ1v) is 6.83. The standard InChI is InChI=1S/C16H18N2O3/c1-2-17-16-9-8-15(18(19)20)10-14(16)12-21-11-13-6-4-3-5-7-13/h3-10,17H,2,11-12H2,1H3. The number of nitro groups is 1. The number of rotatable bonds is 7. The molecule has 0 amide bonds. The van der Waals surface area contributed by atoms with E-state index in [1.807, 2.05) is 37.3 Å². The number of anilines is 1. The summed E-state index contributed by atoms with van der Waals surface area (Å²) in [4.78, 5) is 10.5. The molecule has 0 unspecified atom stereocenters. The maximum atomic E-state index is 10.9. The van der Waals surface area contributed by atoms with Crippen LogP contribution < -0.4 is 5.32 Å². The molecular weight excluding hydrogens is 268 g/mol. The van der Waals surface area contributed by atoms with Gasteiger partial charge in [-0.15, -0.1) is 0 Å². The third kappa shape index (κ3) is 4.29. The minimum absolute atomic E-state index is 0.0787. The fraction of sp³-hybridized carbons (Fsp3) is 0.250. The van der Waals surface area contributed by atoms with Gasteiger partial charge in [-0.25, -0.2) is 0 Å². The number of nitro benzene ring substituents is 1. The molecule has 0 radical (unpaired) electrons. The summed E-state index contributed by atoms with van der Waals surface area (Å²) >= 11 is 0. The number of nitrogens with zero attached hydrogens (tertiary/aromatic N) is 1. The molecule has 0 aliphatic rings. The number of non-ortho nitro benzene ring substituents is 1. The Morgan fingerprint density at radius 1 is 1.14 bits per heavy atom. The van der Waals surface area contributed by atoms with Gasteiger partial charge in [-0.2, -0.15) is 0 Å². The van der Waals surface area contributed by atoms with Gasteiger partial charge in [0, 0.05) is 29.9 Å². The van der Waals surface area contributed by atoms with Crippen molar-refractivity contribution in [3.8, 4) is 0 Å². The summed E-state index contributed by atoms with van der Waals surface area (Å²) < 4.78 is 5.66. The van der Waals surface area contributed by atoms with Crippen LogP contribution in [-0.4, -0.2) is 11.5 Å². The van der Waals surface area contributed by atoms with E-state index >= 15 is 0 Å². The summed E-state index contributed by atoms with van der Waals surface area (Å²) in [5.41, 5.74) is 2.82. The molecule has 0 aromatic heterocycles. The van der Waals surface area contributed by atoms with Gasteiger partial charge in [0.2, 0.25) is 0 Å². The Morgan fingerprint density at radius 3 is 2.57 bits per heavy atom. The highest BCUT2D eigenvalue weighted by atomic mass is 16.6. The lowest BCUT2D eigenvalue weighted by molar-refractivity contribution is -0.384. The van der Waals surface area contributed by atoms with E-state index in [9.17, 15) is 10.1 Å². The van der Waals surface area contributed by atoms with Crippen LogP contribution >= 0.6 is 0 Å². The van der Waals surface area contributed by atoms with E-state index in [1.165, 1.54) is 6.07 Å². The number of nitrogens with one attached hydrogen (secondary N) is 1. The molecule has 110 valence electrons. The molecule has 21 heavy (non-hydrogen) atoms. The normalized spacial score (nSPS) is 10.3. The fourth-order valence-corrected chi connectivity index (χ4v) is 2.03. The van der Waals surface area contributed by atoms with Crippen LogP contribution in [-0.2, 0) is 18.0 Å². The Hall–Kier alpha value is -2.40. The Morgan fingerprint density at radius 2 is 1.90 bits per heavy atom. The Balaban J connectivity index is 2.06. The molecule has 0 atom stereocenters. The van der Waals surface area contributed by atoms with Crippen LogP contribution in [0.2, 0.25) is 0 Å². The molecule has 0 aliphatic heterocycles. The van der Waals surface area contributed by atoms with Gasteiger partial charge in [-0.3, -0.25) is 10.1 Å². The molecule has 5 nitrogen and oxygen atoms in total. The van der Waals surface area contributed by atoms with Gasteiger partial charge >= 0.3 is 0 Å². The van der Waals surface area contributed by atoms with Gasteiger partial charge in [0.05, 0.1) is 18.1 Å². The second-order valence-corrected chi connectivity index (χ2v) is 4.61. The van der Waals surface area contributed by atoms with E-state index in [2.05, 4.69) is 5.32 Å². The molecule has 0 saturated heterocycles. The third-order valence-corrected chi connectivity index (χ3v) is 3.04. The molecule has 5 heteroatoms. The quantitative estimate of drug-likeness (QED) is 0.622. The summed E-state index contributed by atoms with van der Waals surface area (Å²) in [5.74, 6) is 0. The summed E-state index contributed by atoms with van der Waals surface area (Å²) in [6.07, 6.45) is 0. The minimum atomic E-state index is -0.392. The van der Waals surface area contributed by atoms with Crippen LogP contribution in [0, 0.1) is 10.1 Å². The largest absolute Gasteiger partial charge is 0.385 e. The maximum absolute atomic E-state index is 10.9. The second-order valence-electron chi connectivity index (χ2n) is 4.61. The maximum Gasteiger partial charge on any atom is 0.269 e. The smallest absolute Gasteiger partial charge is 0.269 e. The highest BCUT2D eigenvalue weighted by Gasteiger charge is 2.10. The summed E-state index contributed by atoms with van der Waals surface area (Å²) in [5, 5.41) is 14.1. The van der Waals surface area contributed by atoms with Crippen LogP contribution in [0.25, 0.3) is 0 Å². The van der Waals surface area contributed by atoms with Crippen molar-refractivity contribution < 1.29 is 9.66 Å². The number of hydrogen-bond donors (Lipinski definition) is 1. The Kier molecular flexibility index (Phi) is 5.29. The van der Waals surface area contributed by atoms with E-state index in [4.69, 9.17) is 4.74 Å². The minimum Gasteiger partial charge on any atom is -0.385 e. The van der Waals surface area contributed by atoms with Crippen molar-refractivity contribution in [2.24, 2.45) is 0 Å². The van der Waals surface area contributed by atoms with Crippen molar-refractivity contribution in [2.45, 2.75) is 20.1 Å². The van der Waals surface area contributed by atoms with Gasteiger partial charge in [0.15, 0.2) is 0 Å². The van der Waals surface area contributed by atoms with Crippen LogP contribution in [0.3, 0.4) is 0 Å². The monoisotopic (exact) mass is 286 g/mol. The van der Waals surface area contributed by atoms with Crippen molar-refractivity contribution in [3.05, 3.63) is 69.8 Å². The average molecular weight is 286 g/mol. The molecule has 0 heterocycles. The molecule has 0 saturated carbocycles. The first kappa shape index (κ1) is 15.0. The van der Waals surface area contributed by atoms with Crippen LogP contribution in [0.5, 0.6) is 0 Å². The third-order valence-electron chi connectivity index (χ3n) is 3.04. The van der Waals surface area contributed by atoms with E-state index in [0.29, 0.717) is 13.2 Å². The first-order valence-electron chi connectivity index (χ1n) is 6.83. The van der Waals surface area contributed by atoms with E-state index < -0.39 is 4.92 Å². The lowest BCUT2D eigenvalue weighted by atomic mass is 10.1. The van der Waals surface area contributed by atoms with Gasteiger partial charge in [0.25, 0.3) is 5.69 Å². The molecule has 0 bridgehead atoms. The molecule has 2 rings (SSSR count). The van der Waals surface area contributed by atoms with Gasteiger partial charge in [-0.05, 0) is 18.6 Å². The van der Waals surface area contributed by atoms with E-state index in [0.717, 1.165) is 23.4 Å². The molecule has 0 aliphatic carbocycles. The van der Waals surface area contributed by atoms with Gasteiger partial charge < -0.3 is 10.1 Å². The zero-order valence-electron chi connectivity index (χ0n) is 11.9. The average Bonchev–Trinajstić information content (AvgIpc) is 2.50. The molecule has 0 fully saturated rings. The summed E-state index contributed by atoms with van der Waals surface area (Å²) in [6, 6.07) is 14.6. The van der Waals surface area contributed by atoms with Crippen molar-refractivity contribution in [3.63, 3.8) is 0 Å². The Bertz CT molecular complexity index is 600. The zero-order valence-corrected chi connectivity index (χ0v) is 11.9. The number of benzene rings is 2. The fourth-order valence-electron chi connectivity index (χ4n) is 2.03. The lowest BCUT2D eigenvalue weighted by Gasteiger charge is -2.11. The highest BCUT2D eigenvalue weighted by molar-refractivity contribution is 5.55.